The summed E-state index contributed by atoms with van der Waals surface area (Å²) in [5, 5.41) is 2.83. The van der Waals surface area contributed by atoms with Crippen molar-refractivity contribution in [3.63, 3.8) is 0 Å². The van der Waals surface area contributed by atoms with Gasteiger partial charge in [0.2, 0.25) is 10.0 Å². The number of benzene rings is 2. The Balaban J connectivity index is 1.36. The zero-order chi connectivity index (χ0) is 21.8. The van der Waals surface area contributed by atoms with Gasteiger partial charge in [0.15, 0.2) is 0 Å². The van der Waals surface area contributed by atoms with Gasteiger partial charge in [0.1, 0.15) is 5.82 Å². The van der Waals surface area contributed by atoms with Gasteiger partial charge >= 0.3 is 0 Å². The number of carbonyl (C=O) groups is 1. The molecule has 1 aliphatic rings. The maximum atomic E-state index is 12.9. The molecule has 1 aliphatic heterocycles. The van der Waals surface area contributed by atoms with Gasteiger partial charge in [-0.1, -0.05) is 35.9 Å². The zero-order valence-corrected chi connectivity index (χ0v) is 18.0. The van der Waals surface area contributed by atoms with Crippen LogP contribution in [0.2, 0.25) is 0 Å². The molecule has 0 saturated carbocycles. The molecule has 1 fully saturated rings. The van der Waals surface area contributed by atoms with Crippen LogP contribution in [0.1, 0.15) is 15.9 Å². The summed E-state index contributed by atoms with van der Waals surface area (Å²) in [6.07, 6.45) is 1.62. The molecule has 0 atom stereocenters. The van der Waals surface area contributed by atoms with Crippen molar-refractivity contribution in [2.45, 2.75) is 11.8 Å². The standard InChI is InChI=1S/C23H24N4O3S/c1-18-7-10-21(11-8-18)31(29,30)27-15-13-26(14-16-27)22-12-9-20(17-24-22)25-23(28)19-5-3-2-4-6-19/h2-12,17H,13-16H2,1H3,(H,25,28). The minimum atomic E-state index is -3.49. The summed E-state index contributed by atoms with van der Waals surface area (Å²) in [7, 11) is -3.49. The first-order valence-electron chi connectivity index (χ1n) is 10.1. The predicted molar refractivity (Wildman–Crippen MR) is 121 cm³/mol. The highest BCUT2D eigenvalue weighted by Gasteiger charge is 2.28. The molecular formula is C23H24N4O3S. The van der Waals surface area contributed by atoms with Crippen molar-refractivity contribution in [3.8, 4) is 0 Å². The van der Waals surface area contributed by atoms with Gasteiger partial charge in [0.25, 0.3) is 5.91 Å². The third-order valence-corrected chi connectivity index (χ3v) is 7.18. The molecule has 7 nitrogen and oxygen atoms in total. The second-order valence-corrected chi connectivity index (χ2v) is 9.37. The van der Waals surface area contributed by atoms with E-state index >= 15 is 0 Å². The van der Waals surface area contributed by atoms with Crippen LogP contribution in [-0.2, 0) is 10.0 Å². The summed E-state index contributed by atoms with van der Waals surface area (Å²) in [5.74, 6) is 0.565. The Morgan fingerprint density at radius 2 is 1.58 bits per heavy atom. The number of amides is 1. The lowest BCUT2D eigenvalue weighted by Crippen LogP contribution is -2.48. The van der Waals surface area contributed by atoms with Gasteiger partial charge in [0, 0.05) is 31.7 Å². The number of sulfonamides is 1. The largest absolute Gasteiger partial charge is 0.354 e. The maximum absolute atomic E-state index is 12.9. The fraction of sp³-hybridized carbons (Fsp3) is 0.217. The average molecular weight is 437 g/mol. The summed E-state index contributed by atoms with van der Waals surface area (Å²) in [6.45, 7) is 3.82. The Labute approximate surface area is 182 Å². The van der Waals surface area contributed by atoms with Crippen LogP contribution >= 0.6 is 0 Å². The molecule has 160 valence electrons. The number of nitrogens with one attached hydrogen (secondary N) is 1. The number of anilines is 2. The van der Waals surface area contributed by atoms with Crippen LogP contribution in [0, 0.1) is 6.92 Å². The van der Waals surface area contributed by atoms with E-state index in [1.54, 1.807) is 36.5 Å². The number of rotatable bonds is 5. The maximum Gasteiger partial charge on any atom is 0.255 e. The van der Waals surface area contributed by atoms with Crippen LogP contribution in [0.5, 0.6) is 0 Å². The predicted octanol–water partition coefficient (Wildman–Crippen LogP) is 3.15. The highest BCUT2D eigenvalue weighted by atomic mass is 32.2. The molecule has 0 aliphatic carbocycles. The van der Waals surface area contributed by atoms with Crippen molar-refractivity contribution >= 4 is 27.4 Å². The molecule has 3 aromatic rings. The lowest BCUT2D eigenvalue weighted by atomic mass is 10.2. The molecule has 1 aromatic heterocycles. The van der Waals surface area contributed by atoms with E-state index in [2.05, 4.69) is 10.3 Å². The molecule has 0 bridgehead atoms. The Hall–Kier alpha value is -3.23. The molecule has 0 spiro atoms. The van der Waals surface area contributed by atoms with Crippen molar-refractivity contribution in [3.05, 3.63) is 84.1 Å². The fourth-order valence-electron chi connectivity index (χ4n) is 3.46. The Kier molecular flexibility index (Phi) is 6.01. The van der Waals surface area contributed by atoms with Gasteiger partial charge in [-0.25, -0.2) is 13.4 Å². The molecule has 1 amide bonds. The third kappa shape index (κ3) is 4.76. The number of pyridine rings is 1. The quantitative estimate of drug-likeness (QED) is 0.664. The number of carbonyl (C=O) groups excluding carboxylic acids is 1. The number of aromatic nitrogens is 1. The lowest BCUT2D eigenvalue weighted by molar-refractivity contribution is 0.102. The third-order valence-electron chi connectivity index (χ3n) is 5.26. The second kappa shape index (κ2) is 8.87. The normalized spacial score (nSPS) is 14.9. The average Bonchev–Trinajstić information content (AvgIpc) is 2.80. The molecule has 4 rings (SSSR count). The summed E-state index contributed by atoms with van der Waals surface area (Å²) in [4.78, 5) is 19.1. The van der Waals surface area contributed by atoms with Crippen LogP contribution in [0.25, 0.3) is 0 Å². The minimum Gasteiger partial charge on any atom is -0.354 e. The van der Waals surface area contributed by atoms with Crippen LogP contribution in [0.15, 0.2) is 77.8 Å². The number of hydrogen-bond donors (Lipinski definition) is 1. The van der Waals surface area contributed by atoms with Gasteiger partial charge < -0.3 is 10.2 Å². The second-order valence-electron chi connectivity index (χ2n) is 7.43. The molecular weight excluding hydrogens is 412 g/mol. The molecule has 1 N–H and O–H groups in total. The van der Waals surface area contributed by atoms with E-state index in [0.29, 0.717) is 42.3 Å². The van der Waals surface area contributed by atoms with Crippen LogP contribution in [0.3, 0.4) is 0 Å². The Morgan fingerprint density at radius 3 is 2.19 bits per heavy atom. The molecule has 8 heteroatoms. The first-order chi connectivity index (χ1) is 14.9. The van der Waals surface area contributed by atoms with E-state index in [-0.39, 0.29) is 5.91 Å². The zero-order valence-electron chi connectivity index (χ0n) is 17.2. The van der Waals surface area contributed by atoms with E-state index < -0.39 is 10.0 Å². The van der Waals surface area contributed by atoms with Gasteiger partial charge in [-0.3, -0.25) is 4.79 Å². The van der Waals surface area contributed by atoms with E-state index in [1.165, 1.54) is 4.31 Å². The number of nitrogens with zero attached hydrogens (tertiary/aromatic N) is 3. The van der Waals surface area contributed by atoms with Crippen molar-refractivity contribution in [2.75, 3.05) is 36.4 Å². The van der Waals surface area contributed by atoms with Gasteiger partial charge in [0.05, 0.1) is 16.8 Å². The number of hydrogen-bond acceptors (Lipinski definition) is 5. The molecule has 0 radical (unpaired) electrons. The van der Waals surface area contributed by atoms with Crippen molar-refractivity contribution in [1.82, 2.24) is 9.29 Å². The Morgan fingerprint density at radius 1 is 0.903 bits per heavy atom. The topological polar surface area (TPSA) is 82.6 Å². The molecule has 2 heterocycles. The van der Waals surface area contributed by atoms with Crippen molar-refractivity contribution < 1.29 is 13.2 Å². The van der Waals surface area contributed by atoms with Gasteiger partial charge in [-0.05, 0) is 43.3 Å². The van der Waals surface area contributed by atoms with E-state index in [0.717, 1.165) is 11.4 Å². The number of aryl methyl sites for hydroxylation is 1. The summed E-state index contributed by atoms with van der Waals surface area (Å²) < 4.78 is 27.2. The van der Waals surface area contributed by atoms with Crippen LogP contribution < -0.4 is 10.2 Å². The molecule has 31 heavy (non-hydrogen) atoms. The monoisotopic (exact) mass is 436 g/mol. The van der Waals surface area contributed by atoms with E-state index in [1.807, 2.05) is 48.2 Å². The van der Waals surface area contributed by atoms with Crippen LogP contribution in [0.4, 0.5) is 11.5 Å². The highest BCUT2D eigenvalue weighted by molar-refractivity contribution is 7.89. The van der Waals surface area contributed by atoms with Crippen molar-refractivity contribution in [2.24, 2.45) is 0 Å². The smallest absolute Gasteiger partial charge is 0.255 e. The molecule has 2 aromatic carbocycles. The summed E-state index contributed by atoms with van der Waals surface area (Å²) >= 11 is 0. The number of piperazine rings is 1. The first kappa shape index (κ1) is 21.0. The highest BCUT2D eigenvalue weighted by Crippen LogP contribution is 2.21. The van der Waals surface area contributed by atoms with Crippen molar-refractivity contribution in [1.29, 1.82) is 0 Å². The van der Waals surface area contributed by atoms with E-state index in [4.69, 9.17) is 0 Å². The van der Waals surface area contributed by atoms with Crippen LogP contribution in [-0.4, -0.2) is 49.8 Å². The molecule has 1 saturated heterocycles. The van der Waals surface area contributed by atoms with Gasteiger partial charge in [-0.2, -0.15) is 4.31 Å². The molecule has 0 unspecified atom stereocenters. The van der Waals surface area contributed by atoms with Gasteiger partial charge in [-0.15, -0.1) is 0 Å². The Bertz CT molecular complexity index is 1140. The minimum absolute atomic E-state index is 0.190. The fourth-order valence-corrected chi connectivity index (χ4v) is 4.88. The first-order valence-corrected chi connectivity index (χ1v) is 11.5. The SMILES string of the molecule is Cc1ccc(S(=O)(=O)N2CCN(c3ccc(NC(=O)c4ccccc4)cn3)CC2)cc1. The lowest BCUT2D eigenvalue weighted by Gasteiger charge is -2.34. The van der Waals surface area contributed by atoms with E-state index in [9.17, 15) is 13.2 Å². The summed E-state index contributed by atoms with van der Waals surface area (Å²) in [6, 6.07) is 19.6. The summed E-state index contributed by atoms with van der Waals surface area (Å²) in [5.41, 5.74) is 2.22.